The number of amides is 1. The topological polar surface area (TPSA) is 131 Å². The number of aliphatic hydroxyl groups is 1. The van der Waals surface area contributed by atoms with Crippen LogP contribution in [-0.4, -0.2) is 109 Å². The molecule has 0 unspecified atom stereocenters. The second kappa shape index (κ2) is 17.7. The highest BCUT2D eigenvalue weighted by molar-refractivity contribution is 6.33. The SMILES string of the molecule is CN(CCNC[C@H](O)c1ccc(O)c2[nH]c(=O)ccc12)C(=O)CCOCCc1cccc(CN2CCC3(CC2)CN(c2ccccc2Cl)CCO3)c1. The van der Waals surface area contributed by atoms with Crippen molar-refractivity contribution in [2.24, 2.45) is 0 Å². The van der Waals surface area contributed by atoms with E-state index in [1.165, 1.54) is 23.3 Å². The van der Waals surface area contributed by atoms with E-state index in [4.69, 9.17) is 21.1 Å². The maximum atomic E-state index is 12.7. The molecule has 0 saturated carbocycles. The number of carbonyl (C=O) groups is 1. The predicted molar refractivity (Wildman–Crippen MR) is 204 cm³/mol. The molecule has 1 spiro atoms. The van der Waals surface area contributed by atoms with E-state index < -0.39 is 6.10 Å². The fourth-order valence-corrected chi connectivity index (χ4v) is 7.49. The summed E-state index contributed by atoms with van der Waals surface area (Å²) in [6.45, 7) is 7.48. The number of likely N-dealkylation sites (tertiary alicyclic amines) is 1. The quantitative estimate of drug-likeness (QED) is 0.131. The minimum atomic E-state index is -0.856. The van der Waals surface area contributed by atoms with Crippen molar-refractivity contribution in [1.82, 2.24) is 20.1 Å². The van der Waals surface area contributed by atoms with Gasteiger partial charge < -0.3 is 39.8 Å². The minimum absolute atomic E-state index is 0.00339. The van der Waals surface area contributed by atoms with Gasteiger partial charge >= 0.3 is 0 Å². The molecule has 11 nitrogen and oxygen atoms in total. The number of hydrogen-bond donors (Lipinski definition) is 4. The number of piperidine rings is 1. The van der Waals surface area contributed by atoms with Crippen LogP contribution in [0, 0.1) is 0 Å². The molecule has 2 saturated heterocycles. The molecule has 2 aliphatic rings. The number of morpholine rings is 1. The van der Waals surface area contributed by atoms with Gasteiger partial charge in [0.05, 0.1) is 54.2 Å². The highest BCUT2D eigenvalue weighted by atomic mass is 35.5. The van der Waals surface area contributed by atoms with Crippen LogP contribution in [0.15, 0.2) is 77.6 Å². The number of nitrogens with one attached hydrogen (secondary N) is 2. The lowest BCUT2D eigenvalue weighted by Crippen LogP contribution is -2.57. The summed E-state index contributed by atoms with van der Waals surface area (Å²) in [7, 11) is 1.76. The van der Waals surface area contributed by atoms with Crippen molar-refractivity contribution < 1.29 is 24.5 Å². The average molecular weight is 732 g/mol. The summed E-state index contributed by atoms with van der Waals surface area (Å²) < 4.78 is 12.2. The van der Waals surface area contributed by atoms with Gasteiger partial charge in [-0.15, -0.1) is 0 Å². The number of aliphatic hydroxyl groups excluding tert-OH is 1. The lowest BCUT2D eigenvalue weighted by Gasteiger charge is -2.48. The zero-order valence-electron chi connectivity index (χ0n) is 29.9. The second-order valence-electron chi connectivity index (χ2n) is 13.9. The predicted octanol–water partition coefficient (Wildman–Crippen LogP) is 4.49. The van der Waals surface area contributed by atoms with Crippen LogP contribution in [0.3, 0.4) is 0 Å². The van der Waals surface area contributed by atoms with Gasteiger partial charge in [0.25, 0.3) is 0 Å². The molecule has 4 aromatic rings. The van der Waals surface area contributed by atoms with Crippen LogP contribution in [-0.2, 0) is 27.2 Å². The minimum Gasteiger partial charge on any atom is -0.506 e. The number of para-hydroxylation sites is 1. The Morgan fingerprint density at radius 1 is 1.06 bits per heavy atom. The number of nitrogens with zero attached hydrogens (tertiary/aromatic N) is 3. The molecular formula is C40H50ClN5O6. The van der Waals surface area contributed by atoms with Gasteiger partial charge in [-0.2, -0.15) is 0 Å². The molecule has 1 atom stereocenters. The molecule has 4 N–H and O–H groups in total. The number of hydrogen-bond acceptors (Lipinski definition) is 9. The summed E-state index contributed by atoms with van der Waals surface area (Å²) in [5.74, 6) is -0.0535. The Morgan fingerprint density at radius 3 is 2.69 bits per heavy atom. The zero-order valence-corrected chi connectivity index (χ0v) is 30.6. The Kier molecular flexibility index (Phi) is 12.9. The fourth-order valence-electron chi connectivity index (χ4n) is 7.23. The van der Waals surface area contributed by atoms with E-state index in [0.717, 1.165) is 69.3 Å². The van der Waals surface area contributed by atoms with Crippen LogP contribution in [0.25, 0.3) is 10.9 Å². The molecule has 1 aromatic heterocycles. The average Bonchev–Trinajstić information content (AvgIpc) is 3.15. The Labute approximate surface area is 310 Å². The van der Waals surface area contributed by atoms with Gasteiger partial charge in [0.2, 0.25) is 11.5 Å². The number of aromatic hydroxyl groups is 1. The number of aromatic amines is 1. The fraction of sp³-hybridized carbons (Fsp3) is 0.450. The smallest absolute Gasteiger partial charge is 0.248 e. The molecule has 3 aromatic carbocycles. The van der Waals surface area contributed by atoms with Crippen LogP contribution in [0.4, 0.5) is 5.69 Å². The van der Waals surface area contributed by atoms with Gasteiger partial charge in [-0.05, 0) is 60.2 Å². The van der Waals surface area contributed by atoms with Crippen molar-refractivity contribution in [2.75, 3.05) is 77.6 Å². The zero-order chi connectivity index (χ0) is 36.5. The van der Waals surface area contributed by atoms with Gasteiger partial charge in [-0.25, -0.2) is 0 Å². The molecule has 12 heteroatoms. The molecule has 0 bridgehead atoms. The number of fused-ring (bicyclic) bond motifs is 1. The van der Waals surface area contributed by atoms with E-state index in [1.54, 1.807) is 24.1 Å². The molecular weight excluding hydrogens is 682 g/mol. The van der Waals surface area contributed by atoms with E-state index in [1.807, 2.05) is 18.2 Å². The number of halogens is 1. The number of anilines is 1. The molecule has 278 valence electrons. The Bertz CT molecular complexity index is 1860. The summed E-state index contributed by atoms with van der Waals surface area (Å²) in [5.41, 5.74) is 4.05. The molecule has 52 heavy (non-hydrogen) atoms. The summed E-state index contributed by atoms with van der Waals surface area (Å²) in [4.78, 5) is 33.5. The third kappa shape index (κ3) is 9.71. The maximum Gasteiger partial charge on any atom is 0.248 e. The van der Waals surface area contributed by atoms with Crippen LogP contribution < -0.4 is 15.8 Å². The van der Waals surface area contributed by atoms with Gasteiger partial charge in [0.1, 0.15) is 5.75 Å². The largest absolute Gasteiger partial charge is 0.506 e. The van der Waals surface area contributed by atoms with Crippen molar-refractivity contribution >= 4 is 34.1 Å². The molecule has 3 heterocycles. The Morgan fingerprint density at radius 2 is 1.87 bits per heavy atom. The first-order valence-electron chi connectivity index (χ1n) is 18.2. The number of aromatic nitrogens is 1. The lowest BCUT2D eigenvalue weighted by atomic mass is 9.89. The summed E-state index contributed by atoms with van der Waals surface area (Å²) in [6.07, 6.45) is 2.22. The van der Waals surface area contributed by atoms with Gasteiger partial charge in [-0.3, -0.25) is 14.5 Å². The monoisotopic (exact) mass is 731 g/mol. The molecule has 2 fully saturated rings. The lowest BCUT2D eigenvalue weighted by molar-refractivity contribution is -0.131. The van der Waals surface area contributed by atoms with Crippen LogP contribution in [0.1, 0.15) is 42.1 Å². The number of benzene rings is 3. The first-order valence-corrected chi connectivity index (χ1v) is 18.6. The van der Waals surface area contributed by atoms with E-state index in [-0.39, 0.29) is 29.4 Å². The number of phenolic OH excluding ortho intramolecular Hbond substituents is 1. The van der Waals surface area contributed by atoms with E-state index in [0.29, 0.717) is 49.2 Å². The molecule has 6 rings (SSSR count). The van der Waals surface area contributed by atoms with Gasteiger partial charge in [0, 0.05) is 70.9 Å². The number of rotatable bonds is 15. The van der Waals surface area contributed by atoms with Crippen molar-refractivity contribution in [1.29, 1.82) is 0 Å². The van der Waals surface area contributed by atoms with Crippen molar-refractivity contribution in [2.45, 2.75) is 43.9 Å². The van der Waals surface area contributed by atoms with Crippen molar-refractivity contribution in [3.05, 3.63) is 105 Å². The summed E-state index contributed by atoms with van der Waals surface area (Å²) in [6, 6.07) is 22.8. The van der Waals surface area contributed by atoms with Crippen molar-refractivity contribution in [3.8, 4) is 5.75 Å². The van der Waals surface area contributed by atoms with E-state index in [2.05, 4.69) is 50.4 Å². The molecule has 0 radical (unpaired) electrons. The highest BCUT2D eigenvalue weighted by Crippen LogP contribution is 2.35. The normalized spacial score (nSPS) is 16.7. The number of carbonyl (C=O) groups excluding carboxylic acids is 1. The third-order valence-corrected chi connectivity index (χ3v) is 10.6. The number of phenols is 1. The first-order chi connectivity index (χ1) is 25.2. The van der Waals surface area contributed by atoms with Crippen LogP contribution in [0.5, 0.6) is 5.75 Å². The first kappa shape index (κ1) is 37.8. The summed E-state index contributed by atoms with van der Waals surface area (Å²) in [5, 5.41) is 25.4. The molecule has 0 aliphatic carbocycles. The molecule has 1 amide bonds. The molecule has 2 aliphatic heterocycles. The van der Waals surface area contributed by atoms with Crippen LogP contribution >= 0.6 is 11.6 Å². The maximum absolute atomic E-state index is 12.7. The van der Waals surface area contributed by atoms with Crippen LogP contribution in [0.2, 0.25) is 5.02 Å². The second-order valence-corrected chi connectivity index (χ2v) is 14.3. The highest BCUT2D eigenvalue weighted by Gasteiger charge is 2.40. The van der Waals surface area contributed by atoms with Crippen molar-refractivity contribution in [3.63, 3.8) is 0 Å². The van der Waals surface area contributed by atoms with E-state index >= 15 is 0 Å². The van der Waals surface area contributed by atoms with Gasteiger partial charge in [0.15, 0.2) is 0 Å². The number of H-pyrrole nitrogens is 1. The summed E-state index contributed by atoms with van der Waals surface area (Å²) >= 11 is 6.51. The Hall–Kier alpha value is -3.97. The Balaban J connectivity index is 0.854. The number of pyridine rings is 1. The third-order valence-electron chi connectivity index (χ3n) is 10.3. The standard InChI is InChI=1S/C40H50ClN5O6/c1-44(20-17-42-26-36(48)31-9-11-35(47)39-32(31)10-12-37(49)43-39)38(50)14-23-51-22-13-29-5-4-6-30(25-29)27-45-18-15-40(16-19-45)28-46(21-24-52-40)34-8-3-2-7-33(34)41/h2-12,25,36,42,47-48H,13-24,26-28H2,1H3,(H,43,49)/t36-/m0/s1. The number of likely N-dealkylation sites (N-methyl/N-ethyl adjacent to an activating group) is 1. The van der Waals surface area contributed by atoms with E-state index in [9.17, 15) is 19.8 Å². The number of ether oxygens (including phenoxy) is 2. The van der Waals surface area contributed by atoms with Gasteiger partial charge in [-0.1, -0.05) is 54.1 Å².